The van der Waals surface area contributed by atoms with E-state index in [0.29, 0.717) is 27.3 Å². The van der Waals surface area contributed by atoms with Gasteiger partial charge in [-0.1, -0.05) is 23.7 Å². The van der Waals surface area contributed by atoms with Crippen LogP contribution in [0.3, 0.4) is 0 Å². The largest absolute Gasteiger partial charge is 0.495 e. The molecule has 0 aliphatic rings. The molecule has 0 saturated heterocycles. The summed E-state index contributed by atoms with van der Waals surface area (Å²) in [6.07, 6.45) is 3.11. The van der Waals surface area contributed by atoms with Crippen molar-refractivity contribution in [2.75, 3.05) is 17.7 Å². The third-order valence-electron chi connectivity index (χ3n) is 3.84. The van der Waals surface area contributed by atoms with Crippen molar-refractivity contribution in [1.82, 2.24) is 4.98 Å². The Morgan fingerprint density at radius 2 is 1.90 bits per heavy atom. The minimum atomic E-state index is -0.287. The number of thiazole rings is 1. The normalized spacial score (nSPS) is 10.7. The van der Waals surface area contributed by atoms with Gasteiger partial charge in [0.05, 0.1) is 17.8 Å². The molecule has 0 radical (unpaired) electrons. The summed E-state index contributed by atoms with van der Waals surface area (Å²) in [5, 5.41) is 8.26. The van der Waals surface area contributed by atoms with Crippen molar-refractivity contribution in [2.24, 2.45) is 0 Å². The van der Waals surface area contributed by atoms with Gasteiger partial charge in [0, 0.05) is 29.6 Å². The van der Waals surface area contributed by atoms with Crippen molar-refractivity contribution in [3.63, 3.8) is 0 Å². The fourth-order valence-corrected chi connectivity index (χ4v) is 3.47. The molecule has 148 valence electrons. The number of ether oxygens (including phenoxy) is 1. The summed E-state index contributed by atoms with van der Waals surface area (Å²) in [5.74, 6) is 0.173. The van der Waals surface area contributed by atoms with Crippen molar-refractivity contribution < 1.29 is 14.3 Å². The second-order valence-electron chi connectivity index (χ2n) is 6.01. The van der Waals surface area contributed by atoms with Crippen LogP contribution in [0.5, 0.6) is 5.75 Å². The monoisotopic (exact) mass is 427 g/mol. The molecule has 8 heteroatoms. The molecule has 0 aliphatic heterocycles. The SMILES string of the molecule is COc1ccc(-c2csc(NC(=O)/C=C/c3ccc(NC(C)=O)cc3)n2)cc1Cl. The minimum absolute atomic E-state index is 0.132. The van der Waals surface area contributed by atoms with Gasteiger partial charge in [-0.05, 0) is 42.0 Å². The van der Waals surface area contributed by atoms with Crippen molar-refractivity contribution >= 4 is 51.6 Å². The van der Waals surface area contributed by atoms with Crippen LogP contribution in [0.15, 0.2) is 53.9 Å². The molecule has 2 amide bonds. The summed E-state index contributed by atoms with van der Waals surface area (Å²) in [6, 6.07) is 12.6. The van der Waals surface area contributed by atoms with Crippen LogP contribution in [0.4, 0.5) is 10.8 Å². The van der Waals surface area contributed by atoms with Crippen molar-refractivity contribution in [1.29, 1.82) is 0 Å². The lowest BCUT2D eigenvalue weighted by Crippen LogP contribution is -2.07. The molecule has 0 atom stereocenters. The molecule has 3 aromatic rings. The first-order chi connectivity index (χ1) is 13.9. The Morgan fingerprint density at radius 1 is 1.14 bits per heavy atom. The third kappa shape index (κ3) is 5.66. The molecule has 2 N–H and O–H groups in total. The molecule has 0 fully saturated rings. The van der Waals surface area contributed by atoms with Gasteiger partial charge in [0.2, 0.25) is 11.8 Å². The van der Waals surface area contributed by atoms with Crippen molar-refractivity contribution in [3.05, 3.63) is 64.5 Å². The van der Waals surface area contributed by atoms with Crippen LogP contribution in [-0.4, -0.2) is 23.9 Å². The topological polar surface area (TPSA) is 80.3 Å². The molecule has 0 spiro atoms. The summed E-state index contributed by atoms with van der Waals surface area (Å²) in [4.78, 5) is 27.6. The van der Waals surface area contributed by atoms with Gasteiger partial charge in [-0.3, -0.25) is 14.9 Å². The Labute approximate surface area is 177 Å². The number of nitrogens with one attached hydrogen (secondary N) is 2. The molecule has 2 aromatic carbocycles. The maximum absolute atomic E-state index is 12.2. The van der Waals surface area contributed by atoms with E-state index in [-0.39, 0.29) is 11.8 Å². The number of anilines is 2. The number of hydrogen-bond acceptors (Lipinski definition) is 5. The van der Waals surface area contributed by atoms with E-state index in [1.807, 2.05) is 23.6 Å². The summed E-state index contributed by atoms with van der Waals surface area (Å²) in [5.41, 5.74) is 3.09. The molecule has 1 aromatic heterocycles. The van der Waals surface area contributed by atoms with Crippen molar-refractivity contribution in [3.8, 4) is 17.0 Å². The molecule has 0 saturated carbocycles. The zero-order chi connectivity index (χ0) is 20.8. The maximum atomic E-state index is 12.2. The smallest absolute Gasteiger partial charge is 0.250 e. The van der Waals surface area contributed by atoms with E-state index in [1.165, 1.54) is 24.3 Å². The van der Waals surface area contributed by atoms with Gasteiger partial charge in [0.25, 0.3) is 0 Å². The summed E-state index contributed by atoms with van der Waals surface area (Å²) in [7, 11) is 1.56. The van der Waals surface area contributed by atoms with Gasteiger partial charge >= 0.3 is 0 Å². The van der Waals surface area contributed by atoms with Crippen LogP contribution in [0.1, 0.15) is 12.5 Å². The van der Waals surface area contributed by atoms with E-state index < -0.39 is 0 Å². The maximum Gasteiger partial charge on any atom is 0.250 e. The number of carbonyl (C=O) groups excluding carboxylic acids is 2. The highest BCUT2D eigenvalue weighted by Crippen LogP contribution is 2.31. The fraction of sp³-hybridized carbons (Fsp3) is 0.0952. The Kier molecular flexibility index (Phi) is 6.64. The third-order valence-corrected chi connectivity index (χ3v) is 4.89. The van der Waals surface area contributed by atoms with E-state index in [4.69, 9.17) is 16.3 Å². The number of nitrogens with zero attached hydrogens (tertiary/aromatic N) is 1. The fourth-order valence-electron chi connectivity index (χ4n) is 2.49. The Balaban J connectivity index is 1.62. The average molecular weight is 428 g/mol. The van der Waals surface area contributed by atoms with Crippen LogP contribution in [-0.2, 0) is 9.59 Å². The first kappa shape index (κ1) is 20.6. The lowest BCUT2D eigenvalue weighted by molar-refractivity contribution is -0.114. The van der Waals surface area contributed by atoms with E-state index in [2.05, 4.69) is 15.6 Å². The lowest BCUT2D eigenvalue weighted by Gasteiger charge is -2.04. The van der Waals surface area contributed by atoms with Gasteiger partial charge in [0.1, 0.15) is 5.75 Å². The number of carbonyl (C=O) groups is 2. The molecule has 0 unspecified atom stereocenters. The van der Waals surface area contributed by atoms with Gasteiger partial charge in [-0.15, -0.1) is 11.3 Å². The standard InChI is InChI=1S/C21H18ClN3O3S/c1-13(26)23-16-7-3-14(4-8-16)5-10-20(27)25-21-24-18(12-29-21)15-6-9-19(28-2)17(22)11-15/h3-12H,1-2H3,(H,23,26)(H,24,25,27)/b10-5+. The Morgan fingerprint density at radius 3 is 2.55 bits per heavy atom. The zero-order valence-corrected chi connectivity index (χ0v) is 17.3. The number of aromatic nitrogens is 1. The highest BCUT2D eigenvalue weighted by Gasteiger charge is 2.09. The van der Waals surface area contributed by atoms with Crippen LogP contribution >= 0.6 is 22.9 Å². The van der Waals surface area contributed by atoms with E-state index in [9.17, 15) is 9.59 Å². The summed E-state index contributed by atoms with van der Waals surface area (Å²) >= 11 is 7.48. The molecule has 6 nitrogen and oxygen atoms in total. The second kappa shape index (κ2) is 9.36. The number of benzene rings is 2. The van der Waals surface area contributed by atoms with Crippen LogP contribution < -0.4 is 15.4 Å². The van der Waals surface area contributed by atoms with Crippen LogP contribution in [0, 0.1) is 0 Å². The molecule has 3 rings (SSSR count). The summed E-state index contributed by atoms with van der Waals surface area (Å²) < 4.78 is 5.15. The van der Waals surface area contributed by atoms with Crippen molar-refractivity contribution in [2.45, 2.75) is 6.92 Å². The zero-order valence-electron chi connectivity index (χ0n) is 15.7. The minimum Gasteiger partial charge on any atom is -0.495 e. The molecule has 1 heterocycles. The van der Waals surface area contributed by atoms with Gasteiger partial charge in [-0.2, -0.15) is 0 Å². The number of rotatable bonds is 6. The first-order valence-electron chi connectivity index (χ1n) is 8.61. The van der Waals surface area contributed by atoms with Gasteiger partial charge < -0.3 is 10.1 Å². The van der Waals surface area contributed by atoms with E-state index >= 15 is 0 Å². The quantitative estimate of drug-likeness (QED) is 0.537. The van der Waals surface area contributed by atoms with Gasteiger partial charge in [0.15, 0.2) is 5.13 Å². The highest BCUT2D eigenvalue weighted by atomic mass is 35.5. The predicted molar refractivity (Wildman–Crippen MR) is 118 cm³/mol. The first-order valence-corrected chi connectivity index (χ1v) is 9.86. The van der Waals surface area contributed by atoms with Crippen LogP contribution in [0.2, 0.25) is 5.02 Å². The average Bonchev–Trinajstić information content (AvgIpc) is 3.15. The lowest BCUT2D eigenvalue weighted by atomic mass is 10.2. The molecule has 29 heavy (non-hydrogen) atoms. The highest BCUT2D eigenvalue weighted by molar-refractivity contribution is 7.14. The number of methoxy groups -OCH3 is 1. The molecule has 0 aliphatic carbocycles. The number of halogens is 1. The van der Waals surface area contributed by atoms with Gasteiger partial charge in [-0.25, -0.2) is 4.98 Å². The number of hydrogen-bond donors (Lipinski definition) is 2. The molecular weight excluding hydrogens is 410 g/mol. The molecule has 0 bridgehead atoms. The predicted octanol–water partition coefficient (Wildman–Crippen LogP) is 5.08. The van der Waals surface area contributed by atoms with E-state index in [0.717, 1.165) is 11.1 Å². The van der Waals surface area contributed by atoms with E-state index in [1.54, 1.807) is 37.5 Å². The number of amides is 2. The summed E-state index contributed by atoms with van der Waals surface area (Å²) in [6.45, 7) is 1.45. The Hall–Kier alpha value is -3.16. The Bertz CT molecular complexity index is 1060. The molecular formula is C21H18ClN3O3S. The second-order valence-corrected chi connectivity index (χ2v) is 7.28. The van der Waals surface area contributed by atoms with Crippen LogP contribution in [0.25, 0.3) is 17.3 Å².